The van der Waals surface area contributed by atoms with E-state index in [0.29, 0.717) is 24.2 Å². The number of carbonyl (C=O) groups excluding carboxylic acids is 2. The van der Waals surface area contributed by atoms with Crippen LogP contribution >= 0.6 is 0 Å². The van der Waals surface area contributed by atoms with Gasteiger partial charge < -0.3 is 25.0 Å². The highest BCUT2D eigenvalue weighted by Gasteiger charge is 2.34. The van der Waals surface area contributed by atoms with E-state index in [0.717, 1.165) is 6.42 Å². The van der Waals surface area contributed by atoms with E-state index in [1.807, 2.05) is 13.8 Å². The van der Waals surface area contributed by atoms with Crippen LogP contribution in [0, 0.1) is 11.7 Å². The van der Waals surface area contributed by atoms with Crippen LogP contribution in [-0.4, -0.2) is 77.3 Å². The van der Waals surface area contributed by atoms with Crippen LogP contribution in [0.15, 0.2) is 36.5 Å². The number of nitrogens with zero attached hydrogens (tertiary/aromatic N) is 3. The Bertz CT molecular complexity index is 1020. The number of pyridine rings is 1. The molecule has 8 nitrogen and oxygen atoms in total. The average Bonchev–Trinajstić information content (AvgIpc) is 2.84. The fraction of sp³-hybridized carbons (Fsp3) is 0.480. The lowest BCUT2D eigenvalue weighted by Crippen LogP contribution is -2.51. The van der Waals surface area contributed by atoms with Gasteiger partial charge >= 0.3 is 6.03 Å². The molecular formula is C25H33FN4O4. The summed E-state index contributed by atoms with van der Waals surface area (Å²) < 4.78 is 20.6. The first kappa shape index (κ1) is 25.4. The number of nitrogens with one attached hydrogen (secondary N) is 1. The maximum atomic E-state index is 14.4. The van der Waals surface area contributed by atoms with Gasteiger partial charge in [-0.2, -0.15) is 0 Å². The number of ether oxygens (including phenoxy) is 1. The monoisotopic (exact) mass is 472 g/mol. The van der Waals surface area contributed by atoms with Gasteiger partial charge in [-0.05, 0) is 25.5 Å². The van der Waals surface area contributed by atoms with Gasteiger partial charge in [-0.15, -0.1) is 0 Å². The van der Waals surface area contributed by atoms with Crippen molar-refractivity contribution in [1.29, 1.82) is 0 Å². The van der Waals surface area contributed by atoms with Crippen molar-refractivity contribution in [2.75, 3.05) is 33.3 Å². The van der Waals surface area contributed by atoms with Crippen molar-refractivity contribution >= 4 is 11.9 Å². The Morgan fingerprint density at radius 2 is 2.12 bits per heavy atom. The quantitative estimate of drug-likeness (QED) is 0.646. The minimum absolute atomic E-state index is 0.124. The van der Waals surface area contributed by atoms with E-state index in [1.165, 1.54) is 12.3 Å². The molecule has 1 aliphatic heterocycles. The van der Waals surface area contributed by atoms with Gasteiger partial charge in [0.2, 0.25) is 5.88 Å². The summed E-state index contributed by atoms with van der Waals surface area (Å²) in [7, 11) is 1.69. The molecule has 0 aliphatic carbocycles. The van der Waals surface area contributed by atoms with Gasteiger partial charge in [0.15, 0.2) is 0 Å². The zero-order valence-corrected chi connectivity index (χ0v) is 20.1. The van der Waals surface area contributed by atoms with E-state index in [4.69, 9.17) is 4.74 Å². The topological polar surface area (TPSA) is 95.0 Å². The largest absolute Gasteiger partial charge is 0.472 e. The van der Waals surface area contributed by atoms with Gasteiger partial charge in [-0.3, -0.25) is 4.79 Å². The molecule has 2 heterocycles. The highest BCUT2D eigenvalue weighted by atomic mass is 19.1. The Morgan fingerprint density at radius 1 is 1.38 bits per heavy atom. The van der Waals surface area contributed by atoms with E-state index < -0.39 is 18.0 Å². The number of hydrogen-bond acceptors (Lipinski definition) is 5. The molecule has 0 saturated heterocycles. The van der Waals surface area contributed by atoms with Crippen LogP contribution in [0.5, 0.6) is 5.88 Å². The first-order valence-corrected chi connectivity index (χ1v) is 11.6. The fourth-order valence-electron chi connectivity index (χ4n) is 3.88. The number of halogens is 1. The van der Waals surface area contributed by atoms with Crippen molar-refractivity contribution in [3.63, 3.8) is 0 Å². The van der Waals surface area contributed by atoms with E-state index in [9.17, 15) is 19.1 Å². The normalized spacial score (nSPS) is 18.9. The lowest BCUT2D eigenvalue weighted by Gasteiger charge is -2.37. The molecule has 0 radical (unpaired) electrons. The molecule has 2 aromatic rings. The number of hydrogen-bond donors (Lipinski definition) is 2. The first-order valence-electron chi connectivity index (χ1n) is 11.6. The predicted molar refractivity (Wildman–Crippen MR) is 127 cm³/mol. The number of likely N-dealkylation sites (N-methyl/N-ethyl adjacent to an activating group) is 1. The van der Waals surface area contributed by atoms with Gasteiger partial charge in [-0.1, -0.05) is 32.0 Å². The Morgan fingerprint density at radius 3 is 2.79 bits per heavy atom. The maximum absolute atomic E-state index is 14.4. The second kappa shape index (κ2) is 11.3. The smallest absolute Gasteiger partial charge is 0.317 e. The molecular weight excluding hydrogens is 439 g/mol. The number of aliphatic hydroxyl groups is 1. The Kier molecular flexibility index (Phi) is 8.44. The molecule has 1 aromatic carbocycles. The van der Waals surface area contributed by atoms with Gasteiger partial charge in [0, 0.05) is 43.4 Å². The molecule has 3 atom stereocenters. The van der Waals surface area contributed by atoms with E-state index in [1.54, 1.807) is 48.0 Å². The van der Waals surface area contributed by atoms with Crippen LogP contribution in [-0.2, 0) is 0 Å². The zero-order chi connectivity index (χ0) is 24.8. The summed E-state index contributed by atoms with van der Waals surface area (Å²) in [5, 5.41) is 12.6. The maximum Gasteiger partial charge on any atom is 0.317 e. The van der Waals surface area contributed by atoms with Gasteiger partial charge in [0.05, 0.1) is 19.2 Å². The fourth-order valence-corrected chi connectivity index (χ4v) is 3.88. The Balaban J connectivity index is 1.99. The lowest BCUT2D eigenvalue weighted by atomic mass is 9.99. The van der Waals surface area contributed by atoms with E-state index in [-0.39, 0.29) is 42.5 Å². The Labute approximate surface area is 199 Å². The van der Waals surface area contributed by atoms with Crippen molar-refractivity contribution in [3.05, 3.63) is 47.9 Å². The summed E-state index contributed by atoms with van der Waals surface area (Å²) in [5.74, 6) is -0.795. The van der Waals surface area contributed by atoms with Crippen LogP contribution in [0.25, 0.3) is 11.1 Å². The van der Waals surface area contributed by atoms with Crippen LogP contribution < -0.4 is 10.1 Å². The molecule has 3 amide bonds. The third-order valence-corrected chi connectivity index (χ3v) is 6.03. The van der Waals surface area contributed by atoms with Crippen LogP contribution in [0.2, 0.25) is 0 Å². The van der Waals surface area contributed by atoms with E-state index >= 15 is 0 Å². The zero-order valence-electron chi connectivity index (χ0n) is 20.1. The summed E-state index contributed by atoms with van der Waals surface area (Å²) in [5.41, 5.74) is 0.967. The van der Waals surface area contributed by atoms with Gasteiger partial charge in [-0.25, -0.2) is 14.2 Å². The molecule has 0 saturated carbocycles. The molecule has 1 aromatic heterocycles. The Hall–Kier alpha value is -3.20. The molecule has 0 spiro atoms. The summed E-state index contributed by atoms with van der Waals surface area (Å²) in [4.78, 5) is 33.4. The third-order valence-electron chi connectivity index (χ3n) is 6.03. The van der Waals surface area contributed by atoms with Crippen LogP contribution in [0.1, 0.15) is 37.6 Å². The summed E-state index contributed by atoms with van der Waals surface area (Å²) in [6, 6.07) is 7.20. The number of aromatic nitrogens is 1. The molecule has 0 unspecified atom stereocenters. The number of urea groups is 1. The van der Waals surface area contributed by atoms with Crippen molar-refractivity contribution < 1.29 is 23.8 Å². The molecule has 9 heteroatoms. The minimum atomic E-state index is -0.454. The number of rotatable bonds is 7. The first-order chi connectivity index (χ1) is 16.3. The summed E-state index contributed by atoms with van der Waals surface area (Å²) in [6.45, 7) is 6.64. The molecule has 2 N–H and O–H groups in total. The van der Waals surface area contributed by atoms with Crippen LogP contribution in [0.3, 0.4) is 0 Å². The molecule has 0 bridgehead atoms. The van der Waals surface area contributed by atoms with Gasteiger partial charge in [0.25, 0.3) is 5.91 Å². The standard InChI is InChI=1S/C25H33FN4O4/c1-5-10-27-25(33)29(4)14-22-16(2)13-30(17(3)15-31)24(32)20-11-18(12-28-23(20)34-22)19-8-6-7-9-21(19)26/h6-9,11-12,16-17,22,31H,5,10,13-15H2,1-4H3,(H,27,33)/t16-,17+,22-/m0/s1. The van der Waals surface area contributed by atoms with Crippen molar-refractivity contribution in [2.45, 2.75) is 39.3 Å². The molecule has 184 valence electrons. The molecule has 1 aliphatic rings. The minimum Gasteiger partial charge on any atom is -0.472 e. The molecule has 0 fully saturated rings. The van der Waals surface area contributed by atoms with Crippen LogP contribution in [0.4, 0.5) is 9.18 Å². The van der Waals surface area contributed by atoms with E-state index in [2.05, 4.69) is 10.3 Å². The second-order valence-electron chi connectivity index (χ2n) is 8.79. The number of amides is 3. The summed E-state index contributed by atoms with van der Waals surface area (Å²) in [6.07, 6.45) is 1.85. The number of carbonyl (C=O) groups is 2. The number of aliphatic hydroxyl groups excluding tert-OH is 1. The van der Waals surface area contributed by atoms with Crippen molar-refractivity contribution in [2.24, 2.45) is 5.92 Å². The lowest BCUT2D eigenvalue weighted by molar-refractivity contribution is 0.0352. The second-order valence-corrected chi connectivity index (χ2v) is 8.79. The average molecular weight is 473 g/mol. The molecule has 34 heavy (non-hydrogen) atoms. The number of benzene rings is 1. The molecule has 3 rings (SSSR count). The summed E-state index contributed by atoms with van der Waals surface area (Å²) >= 11 is 0. The van der Waals surface area contributed by atoms with Crippen molar-refractivity contribution in [1.82, 2.24) is 20.1 Å². The highest BCUT2D eigenvalue weighted by Crippen LogP contribution is 2.31. The highest BCUT2D eigenvalue weighted by molar-refractivity contribution is 5.98. The predicted octanol–water partition coefficient (Wildman–Crippen LogP) is 3.16. The number of fused-ring (bicyclic) bond motifs is 1. The van der Waals surface area contributed by atoms with Crippen molar-refractivity contribution in [3.8, 4) is 17.0 Å². The SMILES string of the molecule is CCCNC(=O)N(C)C[C@@H]1Oc2ncc(-c3ccccc3F)cc2C(=O)N([C@H](C)CO)C[C@@H]1C. The third kappa shape index (κ3) is 5.64. The van der Waals surface area contributed by atoms with Gasteiger partial charge in [0.1, 0.15) is 17.5 Å².